The number of hydrogen-bond acceptors (Lipinski definition) is 4. The van der Waals surface area contributed by atoms with Gasteiger partial charge in [-0.25, -0.2) is 4.79 Å². The first-order valence-electron chi connectivity index (χ1n) is 5.70. The lowest BCUT2D eigenvalue weighted by atomic mass is 10.1. The molecule has 3 atom stereocenters. The number of carbonyl (C=O) groups is 1. The Labute approximate surface area is 95.3 Å². The lowest BCUT2D eigenvalue weighted by Crippen LogP contribution is -2.41. The molecule has 0 aromatic heterocycles. The molecule has 0 aromatic carbocycles. The summed E-state index contributed by atoms with van der Waals surface area (Å²) in [5.74, 6) is 0. The van der Waals surface area contributed by atoms with Gasteiger partial charge in [-0.05, 0) is 27.2 Å². The van der Waals surface area contributed by atoms with E-state index in [9.17, 15) is 9.90 Å². The minimum Gasteiger partial charge on any atom is -0.444 e. The zero-order valence-corrected chi connectivity index (χ0v) is 9.97. The van der Waals surface area contributed by atoms with E-state index in [1.165, 1.54) is 0 Å². The Bertz CT molecular complexity index is 286. The van der Waals surface area contributed by atoms with Crippen molar-refractivity contribution in [2.24, 2.45) is 0 Å². The molecule has 2 aliphatic heterocycles. The van der Waals surface area contributed by atoms with E-state index < -0.39 is 11.9 Å². The fraction of sp³-hybridized carbons (Fsp3) is 0.909. The summed E-state index contributed by atoms with van der Waals surface area (Å²) in [6.45, 7) is 6.19. The molecule has 2 fully saturated rings. The van der Waals surface area contributed by atoms with Crippen LogP contribution in [0.1, 0.15) is 33.6 Å². The van der Waals surface area contributed by atoms with E-state index in [1.807, 2.05) is 20.8 Å². The quantitative estimate of drug-likeness (QED) is 0.676. The number of rotatable bonds is 0. The Morgan fingerprint density at radius 2 is 2.19 bits per heavy atom. The van der Waals surface area contributed by atoms with Gasteiger partial charge >= 0.3 is 6.09 Å². The highest BCUT2D eigenvalue weighted by molar-refractivity contribution is 5.69. The molecule has 0 bridgehead atoms. The molecular weight excluding hydrogens is 210 g/mol. The van der Waals surface area contributed by atoms with Crippen molar-refractivity contribution < 1.29 is 19.4 Å². The summed E-state index contributed by atoms with van der Waals surface area (Å²) < 4.78 is 10.6. The molecule has 1 amide bonds. The number of aliphatic hydroxyl groups excluding tert-OH is 1. The van der Waals surface area contributed by atoms with Crippen molar-refractivity contribution in [2.75, 3.05) is 6.54 Å². The van der Waals surface area contributed by atoms with Gasteiger partial charge in [0.1, 0.15) is 5.60 Å². The van der Waals surface area contributed by atoms with Crippen LogP contribution >= 0.6 is 0 Å². The van der Waals surface area contributed by atoms with Crippen LogP contribution in [0, 0.1) is 0 Å². The van der Waals surface area contributed by atoms with Gasteiger partial charge in [-0.1, -0.05) is 0 Å². The van der Waals surface area contributed by atoms with Gasteiger partial charge in [-0.3, -0.25) is 0 Å². The third kappa shape index (κ3) is 2.30. The average molecular weight is 229 g/mol. The van der Waals surface area contributed by atoms with Gasteiger partial charge in [0.05, 0.1) is 12.1 Å². The summed E-state index contributed by atoms with van der Waals surface area (Å²) in [5.41, 5.74) is -0.479. The number of carbonyl (C=O) groups excluding carboxylic acids is 1. The Morgan fingerprint density at radius 3 is 2.81 bits per heavy atom. The van der Waals surface area contributed by atoms with E-state index in [-0.39, 0.29) is 18.2 Å². The number of aliphatic hydroxyl groups is 1. The molecule has 0 aliphatic carbocycles. The van der Waals surface area contributed by atoms with Gasteiger partial charge in [0.2, 0.25) is 0 Å². The minimum atomic E-state index is -0.736. The normalized spacial score (nSPS) is 34.0. The zero-order chi connectivity index (χ0) is 11.9. The number of likely N-dealkylation sites (tertiary alicyclic amines) is 1. The van der Waals surface area contributed by atoms with Crippen LogP contribution in [0.2, 0.25) is 0 Å². The number of hydrogen-bond donors (Lipinski definition) is 1. The lowest BCUT2D eigenvalue weighted by molar-refractivity contribution is -0.0893. The third-order valence-electron chi connectivity index (χ3n) is 2.89. The van der Waals surface area contributed by atoms with E-state index in [4.69, 9.17) is 9.47 Å². The molecule has 0 aromatic rings. The van der Waals surface area contributed by atoms with Gasteiger partial charge in [0.25, 0.3) is 0 Å². The summed E-state index contributed by atoms with van der Waals surface area (Å²) >= 11 is 0. The Balaban J connectivity index is 1.98. The van der Waals surface area contributed by atoms with Crippen LogP contribution in [-0.4, -0.2) is 46.7 Å². The number of nitrogens with zero attached hydrogens (tertiary/aromatic N) is 1. The second-order valence-electron chi connectivity index (χ2n) is 5.39. The molecule has 2 rings (SSSR count). The van der Waals surface area contributed by atoms with Gasteiger partial charge in [-0.15, -0.1) is 0 Å². The van der Waals surface area contributed by atoms with E-state index in [1.54, 1.807) is 4.90 Å². The molecule has 2 heterocycles. The second-order valence-corrected chi connectivity index (χ2v) is 5.39. The van der Waals surface area contributed by atoms with Crippen LogP contribution in [0.4, 0.5) is 4.79 Å². The second kappa shape index (κ2) is 3.89. The van der Waals surface area contributed by atoms with Crippen molar-refractivity contribution in [1.82, 2.24) is 4.90 Å². The SMILES string of the molecule is CC(C)(C)OC(=O)N1CCC2OC(O)CC21. The van der Waals surface area contributed by atoms with Gasteiger partial charge in [0, 0.05) is 13.0 Å². The maximum Gasteiger partial charge on any atom is 0.410 e. The largest absolute Gasteiger partial charge is 0.444 e. The maximum absolute atomic E-state index is 11.9. The van der Waals surface area contributed by atoms with E-state index in [0.717, 1.165) is 6.42 Å². The molecule has 0 radical (unpaired) electrons. The smallest absolute Gasteiger partial charge is 0.410 e. The predicted molar refractivity (Wildman–Crippen MR) is 56.8 cm³/mol. The molecule has 5 nitrogen and oxygen atoms in total. The molecule has 92 valence electrons. The molecule has 0 saturated carbocycles. The van der Waals surface area contributed by atoms with Crippen LogP contribution in [0.5, 0.6) is 0 Å². The van der Waals surface area contributed by atoms with Crippen LogP contribution < -0.4 is 0 Å². The first-order chi connectivity index (χ1) is 7.37. The molecule has 2 saturated heterocycles. The monoisotopic (exact) mass is 229 g/mol. The molecule has 0 spiro atoms. The molecule has 2 aliphatic rings. The van der Waals surface area contributed by atoms with Crippen LogP contribution in [-0.2, 0) is 9.47 Å². The fourth-order valence-electron chi connectivity index (χ4n) is 2.27. The van der Waals surface area contributed by atoms with Gasteiger partial charge in [0.15, 0.2) is 6.29 Å². The first-order valence-corrected chi connectivity index (χ1v) is 5.70. The van der Waals surface area contributed by atoms with Crippen LogP contribution in [0.15, 0.2) is 0 Å². The van der Waals surface area contributed by atoms with Crippen molar-refractivity contribution in [3.05, 3.63) is 0 Å². The first kappa shape index (κ1) is 11.7. The van der Waals surface area contributed by atoms with Crippen molar-refractivity contribution in [1.29, 1.82) is 0 Å². The number of ether oxygens (including phenoxy) is 2. The van der Waals surface area contributed by atoms with Crippen molar-refractivity contribution in [3.63, 3.8) is 0 Å². The molecule has 16 heavy (non-hydrogen) atoms. The van der Waals surface area contributed by atoms with Crippen LogP contribution in [0.3, 0.4) is 0 Å². The van der Waals surface area contributed by atoms with Crippen molar-refractivity contribution in [2.45, 2.75) is 57.6 Å². The van der Waals surface area contributed by atoms with Crippen LogP contribution in [0.25, 0.3) is 0 Å². The highest BCUT2D eigenvalue weighted by Crippen LogP contribution is 2.32. The summed E-state index contributed by atoms with van der Waals surface area (Å²) in [7, 11) is 0. The van der Waals surface area contributed by atoms with E-state index in [2.05, 4.69) is 0 Å². The molecule has 1 N–H and O–H groups in total. The van der Waals surface area contributed by atoms with Gasteiger partial charge in [-0.2, -0.15) is 0 Å². The topological polar surface area (TPSA) is 59.0 Å². The average Bonchev–Trinajstić information content (AvgIpc) is 2.58. The lowest BCUT2D eigenvalue weighted by Gasteiger charge is -2.27. The standard InChI is InChI=1S/C11H19NO4/c1-11(2,3)16-10(14)12-5-4-8-7(12)6-9(13)15-8/h7-9,13H,4-6H2,1-3H3. The summed E-state index contributed by atoms with van der Waals surface area (Å²) in [4.78, 5) is 13.5. The summed E-state index contributed by atoms with van der Waals surface area (Å²) in [6, 6.07) is -0.0233. The van der Waals surface area contributed by atoms with E-state index >= 15 is 0 Å². The number of fused-ring (bicyclic) bond motifs is 1. The van der Waals surface area contributed by atoms with Gasteiger partial charge < -0.3 is 19.5 Å². The Morgan fingerprint density at radius 1 is 1.50 bits per heavy atom. The maximum atomic E-state index is 11.9. The third-order valence-corrected chi connectivity index (χ3v) is 2.89. The fourth-order valence-corrected chi connectivity index (χ4v) is 2.27. The summed E-state index contributed by atoms with van der Waals surface area (Å²) in [5, 5.41) is 9.37. The predicted octanol–water partition coefficient (Wildman–Crippen LogP) is 1.10. The summed E-state index contributed by atoms with van der Waals surface area (Å²) in [6.07, 6.45) is 0.200. The molecular formula is C11H19NO4. The van der Waals surface area contributed by atoms with E-state index in [0.29, 0.717) is 13.0 Å². The Hall–Kier alpha value is -0.810. The number of amides is 1. The highest BCUT2D eigenvalue weighted by Gasteiger charge is 2.45. The minimum absolute atomic E-state index is 0.0233. The molecule has 3 unspecified atom stereocenters. The zero-order valence-electron chi connectivity index (χ0n) is 9.97. The van der Waals surface area contributed by atoms with Crippen molar-refractivity contribution >= 4 is 6.09 Å². The van der Waals surface area contributed by atoms with Crippen molar-refractivity contribution in [3.8, 4) is 0 Å². The molecule has 5 heteroatoms. The highest BCUT2D eigenvalue weighted by atomic mass is 16.6. The Kier molecular flexibility index (Phi) is 2.84.